The summed E-state index contributed by atoms with van der Waals surface area (Å²) in [5.74, 6) is -0.661. The molecule has 0 saturated carbocycles. The predicted molar refractivity (Wildman–Crippen MR) is 139 cm³/mol. The Morgan fingerprint density at radius 2 is 1.21 bits per heavy atom. The minimum absolute atomic E-state index is 0.105. The van der Waals surface area contributed by atoms with Crippen LogP contribution in [0.2, 0.25) is 0 Å². The average Bonchev–Trinajstić information content (AvgIpc) is 2.82. The van der Waals surface area contributed by atoms with E-state index in [1.54, 1.807) is 20.8 Å². The van der Waals surface area contributed by atoms with Crippen LogP contribution >= 0.6 is 0 Å². The highest BCUT2D eigenvalue weighted by Gasteiger charge is 2.27. The number of ether oxygens (including phenoxy) is 1. The molecule has 0 bridgehead atoms. The van der Waals surface area contributed by atoms with Crippen molar-refractivity contribution < 1.29 is 36.2 Å². The Bertz CT molecular complexity index is 1330. The number of para-hydroxylation sites is 2. The Kier molecular flexibility index (Phi) is 10.6. The van der Waals surface area contributed by atoms with Gasteiger partial charge in [-0.25, -0.2) is 26.3 Å². The summed E-state index contributed by atoms with van der Waals surface area (Å²) < 4.78 is 60.4. The minimum atomic E-state index is -4.29. The van der Waals surface area contributed by atoms with E-state index in [4.69, 9.17) is 4.74 Å². The van der Waals surface area contributed by atoms with Crippen molar-refractivity contribution >= 4 is 37.4 Å². The number of nitro groups is 2. The first-order valence-corrected chi connectivity index (χ1v) is 14.4. The van der Waals surface area contributed by atoms with Gasteiger partial charge in [-0.2, -0.15) is 0 Å². The molecule has 17 heteroatoms. The van der Waals surface area contributed by atoms with Crippen molar-refractivity contribution in [3.63, 3.8) is 0 Å². The summed E-state index contributed by atoms with van der Waals surface area (Å²) in [7, 11) is -8.58. The van der Waals surface area contributed by atoms with Crippen LogP contribution in [0.5, 0.6) is 0 Å². The largest absolute Gasteiger partial charge is 0.459 e. The maximum absolute atomic E-state index is 12.7. The summed E-state index contributed by atoms with van der Waals surface area (Å²) >= 11 is 0. The molecule has 0 amide bonds. The van der Waals surface area contributed by atoms with Gasteiger partial charge in [-0.15, -0.1) is 0 Å². The van der Waals surface area contributed by atoms with Crippen molar-refractivity contribution in [1.82, 2.24) is 14.3 Å². The molecule has 0 fully saturated rings. The third-order valence-electron chi connectivity index (χ3n) is 4.92. The zero-order valence-electron chi connectivity index (χ0n) is 21.4. The third kappa shape index (κ3) is 9.63. The molecule has 39 heavy (non-hydrogen) atoms. The molecule has 15 nitrogen and oxygen atoms in total. The van der Waals surface area contributed by atoms with Crippen molar-refractivity contribution in [3.05, 3.63) is 68.8 Å². The minimum Gasteiger partial charge on any atom is -0.459 e. The monoisotopic (exact) mass is 587 g/mol. The lowest BCUT2D eigenvalue weighted by molar-refractivity contribution is -0.388. The first kappa shape index (κ1) is 31.7. The average molecular weight is 588 g/mol. The zero-order valence-corrected chi connectivity index (χ0v) is 23.0. The molecule has 2 aromatic rings. The lowest BCUT2D eigenvalue weighted by Gasteiger charge is -2.25. The van der Waals surface area contributed by atoms with Crippen LogP contribution in [0.4, 0.5) is 11.4 Å². The number of hydrogen-bond acceptors (Lipinski definition) is 11. The van der Waals surface area contributed by atoms with Crippen molar-refractivity contribution in [2.75, 3.05) is 32.7 Å². The van der Waals surface area contributed by atoms with Gasteiger partial charge < -0.3 is 4.74 Å². The topological polar surface area (TPSA) is 208 Å². The molecule has 0 aliphatic carbocycles. The lowest BCUT2D eigenvalue weighted by Crippen LogP contribution is -2.43. The predicted octanol–water partition coefficient (Wildman–Crippen LogP) is 1.40. The number of hydrogen-bond donors (Lipinski definition) is 2. The Hall–Kier alpha value is -3.51. The number of carbonyl (C=O) groups is 1. The Balaban J connectivity index is 2.13. The quantitative estimate of drug-likeness (QED) is 0.183. The number of sulfonamides is 2. The second-order valence-corrected chi connectivity index (χ2v) is 12.6. The number of esters is 1. The van der Waals surface area contributed by atoms with E-state index in [-0.39, 0.29) is 32.7 Å². The number of rotatable bonds is 14. The first-order valence-electron chi connectivity index (χ1n) is 11.4. The molecule has 214 valence electrons. The lowest BCUT2D eigenvalue weighted by atomic mass is 10.2. The van der Waals surface area contributed by atoms with Crippen LogP contribution in [0.15, 0.2) is 58.3 Å². The van der Waals surface area contributed by atoms with Gasteiger partial charge in [0, 0.05) is 38.3 Å². The smallest absolute Gasteiger partial charge is 0.320 e. The van der Waals surface area contributed by atoms with Crippen LogP contribution in [0.25, 0.3) is 0 Å². The van der Waals surface area contributed by atoms with Crippen LogP contribution in [-0.2, 0) is 29.6 Å². The van der Waals surface area contributed by atoms with E-state index < -0.39 is 62.6 Å². The zero-order chi connectivity index (χ0) is 29.4. The molecule has 2 N–H and O–H groups in total. The maximum atomic E-state index is 12.7. The van der Waals surface area contributed by atoms with Crippen LogP contribution in [-0.4, -0.2) is 75.9 Å². The second-order valence-electron chi connectivity index (χ2n) is 9.11. The first-order chi connectivity index (χ1) is 18.0. The van der Waals surface area contributed by atoms with E-state index >= 15 is 0 Å². The molecule has 0 unspecified atom stereocenters. The molecular formula is C22H29N5O10S2. The van der Waals surface area contributed by atoms with Crippen molar-refractivity contribution in [2.45, 2.75) is 36.2 Å². The van der Waals surface area contributed by atoms with E-state index in [9.17, 15) is 41.9 Å². The van der Waals surface area contributed by atoms with Gasteiger partial charge in [0.15, 0.2) is 9.79 Å². The summed E-state index contributed by atoms with van der Waals surface area (Å²) in [6, 6.07) is 9.57. The van der Waals surface area contributed by atoms with Gasteiger partial charge in [0.2, 0.25) is 20.0 Å². The van der Waals surface area contributed by atoms with Crippen LogP contribution in [0, 0.1) is 20.2 Å². The molecule has 0 atom stereocenters. The van der Waals surface area contributed by atoms with Crippen molar-refractivity contribution in [2.24, 2.45) is 0 Å². The SMILES string of the molecule is CC(C)(C)OC(=O)CN(CCNS(=O)(=O)c1ccccc1[N+](=O)[O-])CCNS(=O)(=O)c1ccccc1[N+](=O)[O-]. The standard InChI is InChI=1S/C22H29N5O10S2/c1-22(2,3)37-21(28)16-25(14-12-23-38(33,34)19-10-6-4-8-17(19)26(29)30)15-13-24-39(35,36)20-11-7-5-9-18(20)27(31)32/h4-11,23-24H,12-16H2,1-3H3. The van der Waals surface area contributed by atoms with Gasteiger partial charge in [-0.05, 0) is 32.9 Å². The summed E-state index contributed by atoms with van der Waals surface area (Å²) in [5, 5.41) is 22.4. The fourth-order valence-corrected chi connectivity index (χ4v) is 5.71. The summed E-state index contributed by atoms with van der Waals surface area (Å²) in [4.78, 5) is 33.5. The van der Waals surface area contributed by atoms with Gasteiger partial charge in [0.1, 0.15) is 5.60 Å². The highest BCUT2D eigenvalue weighted by Crippen LogP contribution is 2.23. The van der Waals surface area contributed by atoms with E-state index in [2.05, 4.69) is 9.44 Å². The molecule has 0 spiro atoms. The molecule has 2 aromatic carbocycles. The summed E-state index contributed by atoms with van der Waals surface area (Å²) in [5.41, 5.74) is -2.04. The van der Waals surface area contributed by atoms with Gasteiger partial charge in [0.05, 0.1) is 16.4 Å². The highest BCUT2D eigenvalue weighted by molar-refractivity contribution is 7.90. The number of nitrogens with zero attached hydrogens (tertiary/aromatic N) is 3. The number of nitrogens with one attached hydrogen (secondary N) is 2. The maximum Gasteiger partial charge on any atom is 0.320 e. The molecule has 2 rings (SSSR count). The van der Waals surface area contributed by atoms with Gasteiger partial charge in [-0.1, -0.05) is 24.3 Å². The molecule has 0 aliphatic rings. The fraction of sp³-hybridized carbons (Fsp3) is 0.409. The van der Waals surface area contributed by atoms with E-state index in [1.807, 2.05) is 0 Å². The fourth-order valence-electron chi connectivity index (χ4n) is 3.33. The van der Waals surface area contributed by atoms with E-state index in [1.165, 1.54) is 29.2 Å². The van der Waals surface area contributed by atoms with Gasteiger partial charge in [0.25, 0.3) is 11.4 Å². The second kappa shape index (κ2) is 13.0. The number of carbonyl (C=O) groups excluding carboxylic acids is 1. The third-order valence-corrected chi connectivity index (χ3v) is 7.93. The van der Waals surface area contributed by atoms with E-state index in [0.717, 1.165) is 24.3 Å². The molecule has 0 saturated heterocycles. The van der Waals surface area contributed by atoms with Crippen LogP contribution < -0.4 is 9.44 Å². The Morgan fingerprint density at radius 3 is 1.56 bits per heavy atom. The van der Waals surface area contributed by atoms with Crippen LogP contribution in [0.3, 0.4) is 0 Å². The Labute approximate surface area is 225 Å². The molecule has 0 heterocycles. The molecule has 0 radical (unpaired) electrons. The van der Waals surface area contributed by atoms with Gasteiger partial charge in [-0.3, -0.25) is 29.9 Å². The highest BCUT2D eigenvalue weighted by atomic mass is 32.2. The van der Waals surface area contributed by atoms with Crippen LogP contribution in [0.1, 0.15) is 20.8 Å². The molecular weight excluding hydrogens is 558 g/mol. The summed E-state index contributed by atoms with van der Waals surface area (Å²) in [6.45, 7) is 3.84. The summed E-state index contributed by atoms with van der Waals surface area (Å²) in [6.07, 6.45) is 0. The van der Waals surface area contributed by atoms with Crippen molar-refractivity contribution in [1.29, 1.82) is 0 Å². The molecule has 0 aliphatic heterocycles. The Morgan fingerprint density at radius 1 is 0.821 bits per heavy atom. The number of benzene rings is 2. The van der Waals surface area contributed by atoms with Gasteiger partial charge >= 0.3 is 5.97 Å². The number of nitro benzene ring substituents is 2. The van der Waals surface area contributed by atoms with Crippen molar-refractivity contribution in [3.8, 4) is 0 Å². The normalized spacial score (nSPS) is 12.3. The van der Waals surface area contributed by atoms with E-state index in [0.29, 0.717) is 0 Å². The molecule has 0 aromatic heterocycles.